The Morgan fingerprint density at radius 1 is 1.02 bits per heavy atom. The molecule has 17 heteroatoms. The normalized spacial score (nSPS) is 11.6. The molecule has 0 bridgehead atoms. The molecule has 0 atom stereocenters. The number of aromatic nitrogens is 4. The molecule has 3 amide bonds. The van der Waals surface area contributed by atoms with Crippen LogP contribution in [0.3, 0.4) is 0 Å². The summed E-state index contributed by atoms with van der Waals surface area (Å²) in [5.74, 6) is -1.76. The lowest BCUT2D eigenvalue weighted by molar-refractivity contribution is -0.137. The second-order valence-corrected chi connectivity index (χ2v) is 8.00. The minimum atomic E-state index is -4.72. The Morgan fingerprint density at radius 3 is 2.35 bits per heavy atom. The fourth-order valence-electron chi connectivity index (χ4n) is 3.66. The lowest BCUT2D eigenvalue weighted by atomic mass is 10.00. The summed E-state index contributed by atoms with van der Waals surface area (Å²) in [7, 11) is 0. The number of carbonyl (C=O) groups excluding carboxylic acids is 2. The molecule has 0 aliphatic carbocycles. The summed E-state index contributed by atoms with van der Waals surface area (Å²) in [4.78, 5) is 32.6. The number of pyridine rings is 1. The van der Waals surface area contributed by atoms with Crippen LogP contribution >= 0.6 is 0 Å². The average molecular weight is 563 g/mol. The highest BCUT2D eigenvalue weighted by Gasteiger charge is 2.32. The summed E-state index contributed by atoms with van der Waals surface area (Å²) in [5, 5.41) is 19.8. The van der Waals surface area contributed by atoms with E-state index in [2.05, 4.69) is 25.7 Å². The quantitative estimate of drug-likeness (QED) is 0.265. The molecule has 5 N–H and O–H groups in total. The van der Waals surface area contributed by atoms with E-state index in [1.165, 1.54) is 24.3 Å². The molecule has 0 unspecified atom stereocenters. The first-order valence-electron chi connectivity index (χ1n) is 10.9. The van der Waals surface area contributed by atoms with Gasteiger partial charge in [0.1, 0.15) is 30.3 Å². The third-order valence-corrected chi connectivity index (χ3v) is 5.30. The molecular formula is C23H15F6N9O2. The molecule has 40 heavy (non-hydrogen) atoms. The van der Waals surface area contributed by atoms with Crippen molar-refractivity contribution in [3.8, 4) is 17.2 Å². The second kappa shape index (κ2) is 10.4. The highest BCUT2D eigenvalue weighted by Crippen LogP contribution is 2.36. The molecule has 0 spiro atoms. The van der Waals surface area contributed by atoms with E-state index in [0.717, 1.165) is 23.1 Å². The first kappa shape index (κ1) is 27.6. The molecule has 0 aliphatic heterocycles. The first-order chi connectivity index (χ1) is 18.8. The maximum Gasteiger partial charge on any atom is 0.416 e. The number of hydrogen-bond acceptors (Lipinski definition) is 7. The largest absolute Gasteiger partial charge is 0.416 e. The zero-order valence-electron chi connectivity index (χ0n) is 19.7. The van der Waals surface area contributed by atoms with Gasteiger partial charge >= 0.3 is 18.4 Å². The van der Waals surface area contributed by atoms with Gasteiger partial charge in [0.05, 0.1) is 11.1 Å². The maximum atomic E-state index is 12.9. The van der Waals surface area contributed by atoms with Gasteiger partial charge in [-0.15, -0.1) is 0 Å². The number of nitrogens with two attached hydrogens (primary N) is 1. The van der Waals surface area contributed by atoms with E-state index < -0.39 is 47.7 Å². The van der Waals surface area contributed by atoms with E-state index in [-0.39, 0.29) is 34.0 Å². The zero-order valence-corrected chi connectivity index (χ0v) is 19.7. The standard InChI is InChI=1S/C23H15F6N9O2/c24-22(25,26)9-33-20(39)17-14(8-30)38-18(19(31)34-10-35-38)16(17)11-1-3-13(4-2-11)36-21(40)37-15-7-12(5-6-32-15)23(27,28)29/h1-7,10H,9H2,(H,33,39)(H2,31,34,35)(H2,32,36,37,40). The van der Waals surface area contributed by atoms with Gasteiger partial charge in [0.15, 0.2) is 11.5 Å². The Hall–Kier alpha value is -5.40. The van der Waals surface area contributed by atoms with Crippen LogP contribution in [0.25, 0.3) is 16.6 Å². The number of benzene rings is 1. The van der Waals surface area contributed by atoms with Crippen LogP contribution in [-0.2, 0) is 6.18 Å². The Labute approximate surface area is 219 Å². The average Bonchev–Trinajstić information content (AvgIpc) is 3.22. The van der Waals surface area contributed by atoms with Gasteiger partial charge in [-0.1, -0.05) is 12.1 Å². The van der Waals surface area contributed by atoms with Crippen molar-refractivity contribution in [2.75, 3.05) is 22.9 Å². The lowest BCUT2D eigenvalue weighted by Gasteiger charge is -2.11. The number of fused-ring (bicyclic) bond motifs is 1. The number of rotatable bonds is 5. The Bertz CT molecular complexity index is 1640. The monoisotopic (exact) mass is 563 g/mol. The van der Waals surface area contributed by atoms with Gasteiger partial charge in [-0.25, -0.2) is 19.3 Å². The summed E-state index contributed by atoms with van der Waals surface area (Å²) < 4.78 is 77.9. The summed E-state index contributed by atoms with van der Waals surface area (Å²) >= 11 is 0. The molecule has 0 saturated carbocycles. The van der Waals surface area contributed by atoms with Gasteiger partial charge in [0, 0.05) is 17.4 Å². The Kier molecular flexibility index (Phi) is 7.18. The van der Waals surface area contributed by atoms with Crippen molar-refractivity contribution in [3.05, 3.63) is 65.7 Å². The van der Waals surface area contributed by atoms with Gasteiger partial charge in [-0.3, -0.25) is 10.1 Å². The molecular weight excluding hydrogens is 548 g/mol. The van der Waals surface area contributed by atoms with Gasteiger partial charge in [-0.2, -0.15) is 36.7 Å². The molecule has 11 nitrogen and oxygen atoms in total. The van der Waals surface area contributed by atoms with Crippen LogP contribution in [0.2, 0.25) is 0 Å². The number of carbonyl (C=O) groups is 2. The second-order valence-electron chi connectivity index (χ2n) is 8.00. The van der Waals surface area contributed by atoms with Gasteiger partial charge in [0.25, 0.3) is 5.91 Å². The van der Waals surface area contributed by atoms with Crippen LogP contribution < -0.4 is 21.7 Å². The number of halogens is 6. The van der Waals surface area contributed by atoms with Crippen molar-refractivity contribution in [2.24, 2.45) is 0 Å². The third kappa shape index (κ3) is 5.85. The molecule has 0 aliphatic rings. The van der Waals surface area contributed by atoms with Crippen molar-refractivity contribution in [1.82, 2.24) is 24.9 Å². The molecule has 4 rings (SSSR count). The SMILES string of the molecule is N#Cc1c(C(=O)NCC(F)(F)F)c(-c2ccc(NC(=O)Nc3cc(C(F)(F)F)ccn3)cc2)c2c(N)ncnn12. The number of amides is 3. The maximum absolute atomic E-state index is 12.9. The Morgan fingerprint density at radius 2 is 1.73 bits per heavy atom. The van der Waals surface area contributed by atoms with E-state index >= 15 is 0 Å². The van der Waals surface area contributed by atoms with Crippen LogP contribution in [0.4, 0.5) is 48.5 Å². The van der Waals surface area contributed by atoms with Gasteiger partial charge in [-0.05, 0) is 29.8 Å². The van der Waals surface area contributed by atoms with Crippen molar-refractivity contribution >= 4 is 34.8 Å². The van der Waals surface area contributed by atoms with Crippen LogP contribution in [0.5, 0.6) is 0 Å². The summed E-state index contributed by atoms with van der Waals surface area (Å²) in [6.45, 7) is -1.66. The van der Waals surface area contributed by atoms with Gasteiger partial charge in [0.2, 0.25) is 0 Å². The fraction of sp³-hybridized carbons (Fsp3) is 0.130. The van der Waals surface area contributed by atoms with Crippen LogP contribution in [0.1, 0.15) is 21.6 Å². The van der Waals surface area contributed by atoms with E-state index in [9.17, 15) is 41.2 Å². The molecule has 0 fully saturated rings. The van der Waals surface area contributed by atoms with E-state index in [4.69, 9.17) is 5.73 Å². The predicted molar refractivity (Wildman–Crippen MR) is 128 cm³/mol. The molecule has 3 aromatic heterocycles. The predicted octanol–water partition coefficient (Wildman–Crippen LogP) is 4.20. The summed E-state index contributed by atoms with van der Waals surface area (Å²) in [5.41, 5.74) is 4.37. The van der Waals surface area contributed by atoms with Crippen molar-refractivity contribution in [3.63, 3.8) is 0 Å². The molecule has 1 aromatic carbocycles. The number of hydrogen-bond donors (Lipinski definition) is 4. The van der Waals surface area contributed by atoms with Crippen molar-refractivity contribution < 1.29 is 35.9 Å². The van der Waals surface area contributed by atoms with Crippen LogP contribution in [0, 0.1) is 11.3 Å². The number of nitrogen functional groups attached to an aromatic ring is 1. The van der Waals surface area contributed by atoms with E-state index in [0.29, 0.717) is 6.07 Å². The Balaban J connectivity index is 1.65. The zero-order chi connectivity index (χ0) is 29.2. The lowest BCUT2D eigenvalue weighted by Crippen LogP contribution is -2.34. The van der Waals surface area contributed by atoms with Gasteiger partial charge < -0.3 is 16.4 Å². The topological polar surface area (TPSA) is 163 Å². The van der Waals surface area contributed by atoms with Crippen molar-refractivity contribution in [1.29, 1.82) is 5.26 Å². The number of urea groups is 1. The van der Waals surface area contributed by atoms with Crippen LogP contribution in [0.15, 0.2) is 48.9 Å². The van der Waals surface area contributed by atoms with E-state index in [1.54, 1.807) is 11.4 Å². The molecule has 0 radical (unpaired) electrons. The number of nitrogens with one attached hydrogen (secondary N) is 3. The summed E-state index contributed by atoms with van der Waals surface area (Å²) in [6, 6.07) is 7.59. The third-order valence-electron chi connectivity index (χ3n) is 5.30. The molecule has 0 saturated heterocycles. The number of anilines is 3. The number of nitrogens with zero attached hydrogens (tertiary/aromatic N) is 5. The van der Waals surface area contributed by atoms with Crippen LogP contribution in [-0.4, -0.2) is 44.2 Å². The van der Waals surface area contributed by atoms with Crippen molar-refractivity contribution in [2.45, 2.75) is 12.4 Å². The fourth-order valence-corrected chi connectivity index (χ4v) is 3.66. The number of alkyl halides is 6. The smallest absolute Gasteiger partial charge is 0.382 e. The van der Waals surface area contributed by atoms with E-state index in [1.807, 2.05) is 0 Å². The minimum Gasteiger partial charge on any atom is -0.382 e. The molecule has 4 aromatic rings. The highest BCUT2D eigenvalue weighted by molar-refractivity contribution is 6.09. The number of nitriles is 1. The first-order valence-corrected chi connectivity index (χ1v) is 10.9. The molecule has 3 heterocycles. The minimum absolute atomic E-state index is 0.0229. The highest BCUT2D eigenvalue weighted by atomic mass is 19.4. The summed E-state index contributed by atoms with van der Waals surface area (Å²) in [6.07, 6.45) is -7.49. The molecule has 206 valence electrons.